The molecule has 2 heterocycles. The van der Waals surface area contributed by atoms with Gasteiger partial charge in [0.1, 0.15) is 6.61 Å². The minimum absolute atomic E-state index is 0.0804. The van der Waals surface area contributed by atoms with E-state index in [1.807, 2.05) is 19.9 Å². The minimum atomic E-state index is -0.288. The molecule has 0 radical (unpaired) electrons. The van der Waals surface area contributed by atoms with Gasteiger partial charge in [-0.3, -0.25) is 4.79 Å². The summed E-state index contributed by atoms with van der Waals surface area (Å²) >= 11 is 1.36. The number of rotatable bonds is 2. The number of carbonyl (C=O) groups excluding carboxylic acids is 1. The van der Waals surface area contributed by atoms with Crippen molar-refractivity contribution in [1.82, 2.24) is 5.32 Å². The molecule has 1 aliphatic heterocycles. The highest BCUT2D eigenvalue weighted by molar-refractivity contribution is 7.14. The molecule has 108 valence electrons. The molecule has 1 aromatic heterocycles. The van der Waals surface area contributed by atoms with Gasteiger partial charge in [0.05, 0.1) is 21.9 Å². The number of thiophene rings is 1. The van der Waals surface area contributed by atoms with E-state index in [9.17, 15) is 4.79 Å². The molecule has 0 spiro atoms. The Bertz CT molecular complexity index is 547. The van der Waals surface area contributed by atoms with E-state index in [0.29, 0.717) is 11.5 Å². The first-order valence-corrected chi connectivity index (χ1v) is 7.46. The fraction of sp³-hybridized carbons (Fsp3) is 0.533. The zero-order valence-electron chi connectivity index (χ0n) is 11.8. The van der Waals surface area contributed by atoms with E-state index in [2.05, 4.69) is 17.2 Å². The fourth-order valence-corrected chi connectivity index (χ4v) is 3.15. The number of carbonyl (C=O) groups is 1. The van der Waals surface area contributed by atoms with Gasteiger partial charge in [0.15, 0.2) is 0 Å². The van der Waals surface area contributed by atoms with Crippen molar-refractivity contribution in [2.75, 3.05) is 19.8 Å². The zero-order chi connectivity index (χ0) is 14.6. The molecule has 1 amide bonds. The molecule has 0 bridgehead atoms. The predicted octanol–water partition coefficient (Wildman–Crippen LogP) is 1.70. The summed E-state index contributed by atoms with van der Waals surface area (Å²) in [7, 11) is 0. The summed E-state index contributed by atoms with van der Waals surface area (Å²) in [4.78, 5) is 13.8. The van der Waals surface area contributed by atoms with Crippen LogP contribution in [0.2, 0.25) is 0 Å². The molecule has 1 aromatic rings. The van der Waals surface area contributed by atoms with E-state index >= 15 is 0 Å². The van der Waals surface area contributed by atoms with Gasteiger partial charge in [0, 0.05) is 6.61 Å². The van der Waals surface area contributed by atoms with Gasteiger partial charge in [-0.05, 0) is 38.3 Å². The second-order valence-electron chi connectivity index (χ2n) is 5.25. The maximum Gasteiger partial charge on any atom is 0.261 e. The van der Waals surface area contributed by atoms with Crippen molar-refractivity contribution in [3.63, 3.8) is 0 Å². The monoisotopic (exact) mass is 293 g/mol. The highest BCUT2D eigenvalue weighted by Crippen LogP contribution is 2.23. The van der Waals surface area contributed by atoms with Gasteiger partial charge in [0.25, 0.3) is 5.91 Å². The minimum Gasteiger partial charge on any atom is -0.384 e. The lowest BCUT2D eigenvalue weighted by Gasteiger charge is -2.34. The van der Waals surface area contributed by atoms with E-state index < -0.39 is 0 Å². The Hall–Kier alpha value is -1.35. The van der Waals surface area contributed by atoms with Crippen molar-refractivity contribution in [3.05, 3.63) is 21.4 Å². The molecular formula is C15H19NO3S. The third-order valence-corrected chi connectivity index (χ3v) is 4.43. The van der Waals surface area contributed by atoms with Gasteiger partial charge in [-0.1, -0.05) is 11.8 Å². The molecule has 1 aliphatic rings. The molecule has 0 aliphatic carbocycles. The molecule has 0 aromatic carbocycles. The molecule has 20 heavy (non-hydrogen) atoms. The Morgan fingerprint density at radius 3 is 3.10 bits per heavy atom. The fourth-order valence-electron chi connectivity index (χ4n) is 2.21. The van der Waals surface area contributed by atoms with Crippen LogP contribution in [-0.2, 0) is 4.74 Å². The molecule has 1 saturated heterocycles. The Labute approximate surface area is 123 Å². The quantitative estimate of drug-likeness (QED) is 0.816. The second kappa shape index (κ2) is 6.40. The van der Waals surface area contributed by atoms with Crippen molar-refractivity contribution in [1.29, 1.82) is 0 Å². The van der Waals surface area contributed by atoms with Gasteiger partial charge >= 0.3 is 0 Å². The molecule has 4 nitrogen and oxygen atoms in total. The van der Waals surface area contributed by atoms with Crippen molar-refractivity contribution in [3.8, 4) is 11.8 Å². The van der Waals surface area contributed by atoms with Crippen molar-refractivity contribution < 1.29 is 14.6 Å². The first-order valence-electron chi connectivity index (χ1n) is 6.64. The van der Waals surface area contributed by atoms with E-state index in [1.165, 1.54) is 11.3 Å². The van der Waals surface area contributed by atoms with Crippen molar-refractivity contribution in [2.45, 2.75) is 32.2 Å². The Morgan fingerprint density at radius 1 is 1.65 bits per heavy atom. The van der Waals surface area contributed by atoms with Crippen LogP contribution in [0.5, 0.6) is 0 Å². The third-order valence-electron chi connectivity index (χ3n) is 3.28. The van der Waals surface area contributed by atoms with Crippen molar-refractivity contribution in [2.24, 2.45) is 0 Å². The van der Waals surface area contributed by atoms with Crippen LogP contribution in [-0.4, -0.2) is 36.4 Å². The number of aliphatic hydroxyl groups excluding tert-OH is 1. The Kier molecular flexibility index (Phi) is 4.81. The lowest BCUT2D eigenvalue weighted by Crippen LogP contribution is -2.51. The number of hydrogen-bond donors (Lipinski definition) is 2. The zero-order valence-corrected chi connectivity index (χ0v) is 12.6. The summed E-state index contributed by atoms with van der Waals surface area (Å²) in [6.45, 7) is 5.08. The van der Waals surface area contributed by atoms with Crippen LogP contribution in [0, 0.1) is 18.8 Å². The molecule has 1 unspecified atom stereocenters. The SMILES string of the molecule is Cc1cc(C(=O)NC2(C)CCCOC2)sc1C#CCO. The van der Waals surface area contributed by atoms with Gasteiger partial charge in [-0.25, -0.2) is 0 Å². The maximum absolute atomic E-state index is 12.3. The summed E-state index contributed by atoms with van der Waals surface area (Å²) in [6.07, 6.45) is 1.90. The number of aryl methyl sites for hydroxylation is 1. The van der Waals surface area contributed by atoms with Crippen LogP contribution in [0.25, 0.3) is 0 Å². The van der Waals surface area contributed by atoms with Crippen LogP contribution in [0.1, 0.15) is 39.9 Å². The highest BCUT2D eigenvalue weighted by atomic mass is 32.1. The standard InChI is InChI=1S/C15H19NO3S/c1-11-9-13(20-12(11)5-3-7-17)14(18)16-15(2)6-4-8-19-10-15/h9,17H,4,6-8,10H2,1-2H3,(H,16,18). The number of hydrogen-bond acceptors (Lipinski definition) is 4. The molecule has 1 atom stereocenters. The molecule has 1 fully saturated rings. The highest BCUT2D eigenvalue weighted by Gasteiger charge is 2.30. The van der Waals surface area contributed by atoms with Crippen LogP contribution >= 0.6 is 11.3 Å². The summed E-state index contributed by atoms with van der Waals surface area (Å²) in [5.41, 5.74) is 0.676. The van der Waals surface area contributed by atoms with Gasteiger partial charge in [-0.15, -0.1) is 11.3 Å². The van der Waals surface area contributed by atoms with Crippen LogP contribution < -0.4 is 5.32 Å². The number of nitrogens with one attached hydrogen (secondary N) is 1. The Balaban J connectivity index is 2.09. The largest absolute Gasteiger partial charge is 0.384 e. The summed E-state index contributed by atoms with van der Waals surface area (Å²) in [5.74, 6) is 5.40. The normalized spacial score (nSPS) is 21.9. The predicted molar refractivity (Wildman–Crippen MR) is 78.9 cm³/mol. The lowest BCUT2D eigenvalue weighted by molar-refractivity contribution is 0.0274. The summed E-state index contributed by atoms with van der Waals surface area (Å²) < 4.78 is 5.44. The van der Waals surface area contributed by atoms with E-state index in [1.54, 1.807) is 0 Å². The third kappa shape index (κ3) is 3.60. The average molecular weight is 293 g/mol. The first kappa shape index (κ1) is 15.0. The van der Waals surface area contributed by atoms with Gasteiger partial charge < -0.3 is 15.2 Å². The van der Waals surface area contributed by atoms with Crippen LogP contribution in [0.3, 0.4) is 0 Å². The molecule has 2 N–H and O–H groups in total. The summed E-state index contributed by atoms with van der Waals surface area (Å²) in [5, 5.41) is 11.8. The lowest BCUT2D eigenvalue weighted by atomic mass is 9.95. The number of aliphatic hydroxyl groups is 1. The van der Waals surface area contributed by atoms with Crippen LogP contribution in [0.4, 0.5) is 0 Å². The van der Waals surface area contributed by atoms with E-state index in [0.717, 1.165) is 29.9 Å². The smallest absolute Gasteiger partial charge is 0.261 e. The topological polar surface area (TPSA) is 58.6 Å². The molecule has 2 rings (SSSR count). The molecular weight excluding hydrogens is 274 g/mol. The average Bonchev–Trinajstić information content (AvgIpc) is 2.78. The Morgan fingerprint density at radius 2 is 2.45 bits per heavy atom. The number of amides is 1. The molecule has 0 saturated carbocycles. The molecule has 5 heteroatoms. The van der Waals surface area contributed by atoms with Gasteiger partial charge in [0.2, 0.25) is 0 Å². The van der Waals surface area contributed by atoms with E-state index in [-0.39, 0.29) is 18.1 Å². The summed E-state index contributed by atoms with van der Waals surface area (Å²) in [6, 6.07) is 1.84. The second-order valence-corrected chi connectivity index (χ2v) is 6.31. The first-order chi connectivity index (χ1) is 9.54. The van der Waals surface area contributed by atoms with Gasteiger partial charge in [-0.2, -0.15) is 0 Å². The number of ether oxygens (including phenoxy) is 1. The maximum atomic E-state index is 12.3. The van der Waals surface area contributed by atoms with Crippen LogP contribution in [0.15, 0.2) is 6.07 Å². The van der Waals surface area contributed by atoms with E-state index in [4.69, 9.17) is 9.84 Å². The van der Waals surface area contributed by atoms with Crippen molar-refractivity contribution >= 4 is 17.2 Å².